The molecule has 118 valence electrons. The molecule has 0 radical (unpaired) electrons. The molecular weight excluding hydrogens is 282 g/mol. The van der Waals surface area contributed by atoms with Crippen molar-refractivity contribution in [1.82, 2.24) is 24.9 Å². The topological polar surface area (TPSA) is 76.0 Å². The summed E-state index contributed by atoms with van der Waals surface area (Å²) in [5.74, 6) is 0.462. The monoisotopic (exact) mass is 303 g/mol. The molecule has 1 unspecified atom stereocenters. The average Bonchev–Trinajstić information content (AvgIpc) is 3.20. The van der Waals surface area contributed by atoms with E-state index in [0.29, 0.717) is 5.92 Å². The van der Waals surface area contributed by atoms with Gasteiger partial charge in [-0.1, -0.05) is 0 Å². The highest BCUT2D eigenvalue weighted by Gasteiger charge is 2.30. The minimum absolute atomic E-state index is 0.0126. The number of methoxy groups -OCH3 is 1. The minimum Gasteiger partial charge on any atom is -0.367 e. The van der Waals surface area contributed by atoms with Crippen molar-refractivity contribution in [2.24, 2.45) is 7.05 Å². The van der Waals surface area contributed by atoms with Gasteiger partial charge >= 0.3 is 0 Å². The molecule has 7 heteroatoms. The van der Waals surface area contributed by atoms with E-state index in [0.717, 1.165) is 37.2 Å². The van der Waals surface area contributed by atoms with E-state index in [4.69, 9.17) is 4.74 Å². The van der Waals surface area contributed by atoms with Crippen LogP contribution in [-0.2, 0) is 16.6 Å². The van der Waals surface area contributed by atoms with Crippen molar-refractivity contribution in [3.8, 4) is 0 Å². The predicted octanol–water partition coefficient (Wildman–Crippen LogP) is 1.24. The van der Waals surface area contributed by atoms with Crippen molar-refractivity contribution in [2.75, 3.05) is 20.2 Å². The summed E-state index contributed by atoms with van der Waals surface area (Å²) in [6.07, 6.45) is 6.59. The van der Waals surface area contributed by atoms with Gasteiger partial charge in [-0.15, -0.1) is 0 Å². The molecule has 1 fully saturated rings. The predicted molar refractivity (Wildman–Crippen MR) is 80.1 cm³/mol. The fourth-order valence-corrected chi connectivity index (χ4v) is 3.03. The molecule has 1 amide bonds. The molecule has 1 saturated heterocycles. The van der Waals surface area contributed by atoms with Crippen LogP contribution in [0.1, 0.15) is 36.1 Å². The molecule has 0 aromatic carbocycles. The highest BCUT2D eigenvalue weighted by molar-refractivity contribution is 5.82. The number of aromatic amines is 1. The van der Waals surface area contributed by atoms with Crippen LogP contribution in [0.2, 0.25) is 0 Å². The number of aryl methyl sites for hydroxylation is 1. The zero-order valence-electron chi connectivity index (χ0n) is 12.9. The minimum atomic E-state index is -0.572. The molecule has 3 rings (SSSR count). The molecule has 0 saturated carbocycles. The summed E-state index contributed by atoms with van der Waals surface area (Å²) < 4.78 is 7.08. The number of aromatic nitrogens is 4. The standard InChI is InChI=1S/C15H21N5O2/c1-19-10-12(9-17-19)14(22-2)15(21)20-7-4-11(5-8-20)13-3-6-16-18-13/h3,6,9-11,14H,4-5,7-8H2,1-2H3,(H,16,18). The number of hydrogen-bond donors (Lipinski definition) is 1. The lowest BCUT2D eigenvalue weighted by atomic mass is 9.93. The van der Waals surface area contributed by atoms with Gasteiger partial charge in [-0.05, 0) is 18.9 Å². The van der Waals surface area contributed by atoms with Crippen LogP contribution >= 0.6 is 0 Å². The van der Waals surface area contributed by atoms with Gasteiger partial charge in [-0.2, -0.15) is 10.2 Å². The summed E-state index contributed by atoms with van der Waals surface area (Å²) in [6.45, 7) is 1.48. The molecular formula is C15H21N5O2. The number of nitrogens with one attached hydrogen (secondary N) is 1. The third kappa shape index (κ3) is 2.89. The van der Waals surface area contributed by atoms with Crippen LogP contribution in [0.3, 0.4) is 0 Å². The number of H-pyrrole nitrogens is 1. The van der Waals surface area contributed by atoms with E-state index in [2.05, 4.69) is 15.3 Å². The molecule has 1 aliphatic heterocycles. The number of amides is 1. The molecule has 2 aromatic heterocycles. The van der Waals surface area contributed by atoms with Gasteiger partial charge in [-0.25, -0.2) is 0 Å². The van der Waals surface area contributed by atoms with Gasteiger partial charge in [0.2, 0.25) is 0 Å². The lowest BCUT2D eigenvalue weighted by Crippen LogP contribution is -2.41. The highest BCUT2D eigenvalue weighted by atomic mass is 16.5. The zero-order chi connectivity index (χ0) is 15.5. The largest absolute Gasteiger partial charge is 0.367 e. The summed E-state index contributed by atoms with van der Waals surface area (Å²) in [4.78, 5) is 14.6. The number of hydrogen-bond acceptors (Lipinski definition) is 4. The maximum atomic E-state index is 12.7. The lowest BCUT2D eigenvalue weighted by Gasteiger charge is -2.33. The summed E-state index contributed by atoms with van der Waals surface area (Å²) in [6, 6.07) is 2.01. The Balaban J connectivity index is 1.63. The Morgan fingerprint density at radius 1 is 1.45 bits per heavy atom. The summed E-state index contributed by atoms with van der Waals surface area (Å²) in [5.41, 5.74) is 1.95. The Bertz CT molecular complexity index is 614. The third-order valence-electron chi connectivity index (χ3n) is 4.26. The quantitative estimate of drug-likeness (QED) is 0.922. The number of ether oxygens (including phenoxy) is 1. The Morgan fingerprint density at radius 3 is 2.77 bits per heavy atom. The van der Waals surface area contributed by atoms with Crippen molar-refractivity contribution in [2.45, 2.75) is 24.9 Å². The molecule has 2 aromatic rings. The summed E-state index contributed by atoms with van der Waals surface area (Å²) in [7, 11) is 3.39. The van der Waals surface area contributed by atoms with Crippen LogP contribution in [0.5, 0.6) is 0 Å². The fraction of sp³-hybridized carbons (Fsp3) is 0.533. The number of carbonyl (C=O) groups excluding carboxylic acids is 1. The first-order chi connectivity index (χ1) is 10.7. The Morgan fingerprint density at radius 2 is 2.23 bits per heavy atom. The SMILES string of the molecule is COC(C(=O)N1CCC(c2ccn[nH]2)CC1)c1cnn(C)c1. The molecule has 7 nitrogen and oxygen atoms in total. The molecule has 1 aliphatic rings. The summed E-state index contributed by atoms with van der Waals surface area (Å²) in [5, 5.41) is 11.1. The Hall–Kier alpha value is -2.15. The zero-order valence-corrected chi connectivity index (χ0v) is 12.9. The fourth-order valence-electron chi connectivity index (χ4n) is 3.03. The van der Waals surface area contributed by atoms with Crippen LogP contribution in [0.25, 0.3) is 0 Å². The van der Waals surface area contributed by atoms with E-state index in [-0.39, 0.29) is 5.91 Å². The first-order valence-electron chi connectivity index (χ1n) is 7.48. The smallest absolute Gasteiger partial charge is 0.256 e. The number of nitrogens with zero attached hydrogens (tertiary/aromatic N) is 4. The van der Waals surface area contributed by atoms with Crippen LogP contribution < -0.4 is 0 Å². The maximum Gasteiger partial charge on any atom is 0.256 e. The van der Waals surface area contributed by atoms with Crippen LogP contribution in [0.15, 0.2) is 24.7 Å². The van der Waals surface area contributed by atoms with Gasteiger partial charge in [-0.3, -0.25) is 14.6 Å². The molecule has 22 heavy (non-hydrogen) atoms. The molecule has 0 bridgehead atoms. The van der Waals surface area contributed by atoms with Crippen LogP contribution in [-0.4, -0.2) is 51.0 Å². The van der Waals surface area contributed by atoms with Gasteiger partial charge in [0.25, 0.3) is 5.91 Å². The van der Waals surface area contributed by atoms with E-state index < -0.39 is 6.10 Å². The van der Waals surface area contributed by atoms with Crippen molar-refractivity contribution >= 4 is 5.91 Å². The van der Waals surface area contributed by atoms with Crippen molar-refractivity contribution in [3.63, 3.8) is 0 Å². The number of carbonyl (C=O) groups is 1. The molecule has 1 N–H and O–H groups in total. The first-order valence-corrected chi connectivity index (χ1v) is 7.48. The van der Waals surface area contributed by atoms with Gasteiger partial charge in [0.15, 0.2) is 6.10 Å². The second kappa shape index (κ2) is 6.31. The van der Waals surface area contributed by atoms with Gasteiger partial charge in [0, 0.05) is 56.8 Å². The van der Waals surface area contributed by atoms with Crippen LogP contribution in [0, 0.1) is 0 Å². The van der Waals surface area contributed by atoms with E-state index >= 15 is 0 Å². The molecule has 3 heterocycles. The Labute approximate surface area is 129 Å². The second-order valence-corrected chi connectivity index (χ2v) is 5.67. The molecule has 1 atom stereocenters. The molecule has 0 aliphatic carbocycles. The lowest BCUT2D eigenvalue weighted by molar-refractivity contribution is -0.143. The highest BCUT2D eigenvalue weighted by Crippen LogP contribution is 2.28. The average molecular weight is 303 g/mol. The van der Waals surface area contributed by atoms with E-state index in [9.17, 15) is 4.79 Å². The van der Waals surface area contributed by atoms with Gasteiger partial charge < -0.3 is 9.64 Å². The molecule has 0 spiro atoms. The van der Waals surface area contributed by atoms with Crippen LogP contribution in [0.4, 0.5) is 0 Å². The number of rotatable bonds is 4. The normalized spacial score (nSPS) is 17.6. The van der Waals surface area contributed by atoms with Crippen molar-refractivity contribution < 1.29 is 9.53 Å². The second-order valence-electron chi connectivity index (χ2n) is 5.67. The van der Waals surface area contributed by atoms with Gasteiger partial charge in [0.05, 0.1) is 6.20 Å². The summed E-state index contributed by atoms with van der Waals surface area (Å²) >= 11 is 0. The maximum absolute atomic E-state index is 12.7. The first kappa shape index (κ1) is 14.8. The van der Waals surface area contributed by atoms with E-state index in [1.54, 1.807) is 24.2 Å². The Kier molecular flexibility index (Phi) is 4.24. The number of piperidine rings is 1. The van der Waals surface area contributed by atoms with Crippen molar-refractivity contribution in [3.05, 3.63) is 35.9 Å². The van der Waals surface area contributed by atoms with E-state index in [1.807, 2.05) is 24.2 Å². The third-order valence-corrected chi connectivity index (χ3v) is 4.26. The number of likely N-dealkylation sites (tertiary alicyclic amines) is 1. The van der Waals surface area contributed by atoms with E-state index in [1.165, 1.54) is 0 Å². The van der Waals surface area contributed by atoms with Gasteiger partial charge in [0.1, 0.15) is 0 Å². The van der Waals surface area contributed by atoms with Crippen molar-refractivity contribution in [1.29, 1.82) is 0 Å².